The fourth-order valence-electron chi connectivity index (χ4n) is 3.50. The number of rotatable bonds is 5. The average Bonchev–Trinajstić information content (AvgIpc) is 3.19. The number of piperidine rings is 1. The summed E-state index contributed by atoms with van der Waals surface area (Å²) < 4.78 is 39.8. The molecular weight excluding hydrogens is 397 g/mol. The first kappa shape index (κ1) is 20.3. The molecule has 3 heterocycles. The Morgan fingerprint density at radius 2 is 1.80 bits per heavy atom. The Hall–Kier alpha value is -3.01. The summed E-state index contributed by atoms with van der Waals surface area (Å²) >= 11 is 0. The van der Waals surface area contributed by atoms with Gasteiger partial charge in [0.05, 0.1) is 12.2 Å². The summed E-state index contributed by atoms with van der Waals surface area (Å²) in [4.78, 5) is 21.6. The first-order valence-electron chi connectivity index (χ1n) is 9.77. The van der Waals surface area contributed by atoms with Gasteiger partial charge in [-0.15, -0.1) is 5.10 Å². The van der Waals surface area contributed by atoms with Gasteiger partial charge in [-0.05, 0) is 37.6 Å². The summed E-state index contributed by atoms with van der Waals surface area (Å²) in [6, 6.07) is 8.78. The quantitative estimate of drug-likeness (QED) is 0.690. The molecule has 7 nitrogen and oxygen atoms in total. The van der Waals surface area contributed by atoms with Crippen LogP contribution >= 0.6 is 0 Å². The van der Waals surface area contributed by atoms with Crippen molar-refractivity contribution in [3.63, 3.8) is 0 Å². The van der Waals surface area contributed by atoms with Crippen LogP contribution in [0.2, 0.25) is 0 Å². The fraction of sp³-hybridized carbons (Fsp3) is 0.400. The molecule has 2 aromatic heterocycles. The van der Waals surface area contributed by atoms with Crippen molar-refractivity contribution in [3.05, 3.63) is 47.9 Å². The molecule has 1 aromatic carbocycles. The van der Waals surface area contributed by atoms with Crippen molar-refractivity contribution in [3.8, 4) is 11.3 Å². The van der Waals surface area contributed by atoms with Gasteiger partial charge in [0.15, 0.2) is 0 Å². The number of carbonyl (C=O) groups excluding carboxylic acids is 1. The number of fused-ring (bicyclic) bond motifs is 1. The Kier molecular flexibility index (Phi) is 5.67. The van der Waals surface area contributed by atoms with Crippen LogP contribution in [0.3, 0.4) is 0 Å². The van der Waals surface area contributed by atoms with Crippen molar-refractivity contribution in [1.82, 2.24) is 29.8 Å². The van der Waals surface area contributed by atoms with Crippen LogP contribution in [0.15, 0.2) is 36.5 Å². The van der Waals surface area contributed by atoms with Crippen LogP contribution in [-0.4, -0.2) is 50.0 Å². The van der Waals surface area contributed by atoms with Gasteiger partial charge in [-0.3, -0.25) is 9.69 Å². The maximum absolute atomic E-state index is 12.9. The van der Waals surface area contributed by atoms with Crippen molar-refractivity contribution >= 4 is 11.7 Å². The molecule has 158 valence electrons. The van der Waals surface area contributed by atoms with E-state index in [1.54, 1.807) is 18.2 Å². The molecule has 3 aromatic rings. The predicted molar refractivity (Wildman–Crippen MR) is 103 cm³/mol. The molecule has 0 spiro atoms. The van der Waals surface area contributed by atoms with Crippen LogP contribution < -0.4 is 5.32 Å². The van der Waals surface area contributed by atoms with Crippen LogP contribution in [0, 0.1) is 0 Å². The second-order valence-electron chi connectivity index (χ2n) is 7.29. The Bertz CT molecular complexity index is 1030. The molecule has 1 amide bonds. The number of amides is 1. The third-order valence-corrected chi connectivity index (χ3v) is 5.05. The van der Waals surface area contributed by atoms with Crippen LogP contribution in [0.1, 0.15) is 30.7 Å². The summed E-state index contributed by atoms with van der Waals surface area (Å²) in [6.07, 6.45) is 0.246. The van der Waals surface area contributed by atoms with Gasteiger partial charge in [0, 0.05) is 18.3 Å². The largest absolute Gasteiger partial charge is 0.453 e. The van der Waals surface area contributed by atoms with Gasteiger partial charge in [-0.1, -0.05) is 30.7 Å². The molecule has 1 aliphatic rings. The molecule has 0 unspecified atom stereocenters. The van der Waals surface area contributed by atoms with Gasteiger partial charge >= 0.3 is 6.18 Å². The number of benzene rings is 1. The third kappa shape index (κ3) is 4.59. The molecule has 1 saturated heterocycles. The molecule has 0 atom stereocenters. The van der Waals surface area contributed by atoms with E-state index in [0.29, 0.717) is 24.3 Å². The number of nitrogens with zero attached hydrogens (tertiary/aromatic N) is 5. The van der Waals surface area contributed by atoms with Crippen LogP contribution in [0.5, 0.6) is 0 Å². The fourth-order valence-corrected chi connectivity index (χ4v) is 3.50. The highest BCUT2D eigenvalue weighted by Crippen LogP contribution is 2.27. The van der Waals surface area contributed by atoms with Crippen LogP contribution in [0.25, 0.3) is 17.0 Å². The number of likely N-dealkylation sites (tertiary alicyclic amines) is 1. The van der Waals surface area contributed by atoms with E-state index in [4.69, 9.17) is 0 Å². The number of carbonyl (C=O) groups is 1. The average molecular weight is 418 g/mol. The van der Waals surface area contributed by atoms with E-state index in [1.807, 2.05) is 12.1 Å². The standard InChI is InChI=1S/C20H21F3N6O/c21-20(22,23)18-26-19-24-9-8-16(29(19)27-18)15-6-4-14(5-7-15)12-25-17(30)13-28-10-2-1-3-11-28/h4-9H,1-3,10-13H2,(H,25,30). The summed E-state index contributed by atoms with van der Waals surface area (Å²) in [7, 11) is 0. The monoisotopic (exact) mass is 418 g/mol. The highest BCUT2D eigenvalue weighted by atomic mass is 19.4. The molecular formula is C20H21F3N6O. The molecule has 0 radical (unpaired) electrons. The second kappa shape index (κ2) is 8.39. The molecule has 0 bridgehead atoms. The molecule has 4 rings (SSSR count). The van der Waals surface area contributed by atoms with E-state index >= 15 is 0 Å². The minimum Gasteiger partial charge on any atom is -0.351 e. The van der Waals surface area contributed by atoms with E-state index < -0.39 is 12.0 Å². The lowest BCUT2D eigenvalue weighted by Crippen LogP contribution is -2.39. The van der Waals surface area contributed by atoms with Crippen molar-refractivity contribution < 1.29 is 18.0 Å². The van der Waals surface area contributed by atoms with E-state index in [0.717, 1.165) is 36.0 Å². The molecule has 0 aliphatic carbocycles. The van der Waals surface area contributed by atoms with Gasteiger partial charge in [0.25, 0.3) is 11.6 Å². The molecule has 0 saturated carbocycles. The lowest BCUT2D eigenvalue weighted by Gasteiger charge is -2.25. The maximum Gasteiger partial charge on any atom is 0.453 e. The number of halogens is 3. The molecule has 1 fully saturated rings. The Morgan fingerprint density at radius 1 is 1.07 bits per heavy atom. The molecule has 10 heteroatoms. The Balaban J connectivity index is 1.43. The van der Waals surface area contributed by atoms with E-state index in [1.165, 1.54) is 12.6 Å². The highest BCUT2D eigenvalue weighted by molar-refractivity contribution is 5.78. The topological polar surface area (TPSA) is 75.4 Å². The number of alkyl halides is 3. The number of hydrogen-bond acceptors (Lipinski definition) is 5. The first-order chi connectivity index (χ1) is 14.4. The lowest BCUT2D eigenvalue weighted by molar-refractivity contribution is -0.144. The van der Waals surface area contributed by atoms with E-state index in [2.05, 4.69) is 25.3 Å². The second-order valence-corrected chi connectivity index (χ2v) is 7.29. The normalized spacial score (nSPS) is 15.4. The minimum absolute atomic E-state index is 0.0147. The van der Waals surface area contributed by atoms with Crippen molar-refractivity contribution in [2.45, 2.75) is 32.0 Å². The Labute approximate surface area is 170 Å². The maximum atomic E-state index is 12.9. The van der Waals surface area contributed by atoms with Gasteiger partial charge in [-0.2, -0.15) is 22.7 Å². The number of aromatic nitrogens is 4. The summed E-state index contributed by atoms with van der Waals surface area (Å²) in [5, 5.41) is 6.47. The van der Waals surface area contributed by atoms with Crippen molar-refractivity contribution in [2.75, 3.05) is 19.6 Å². The number of hydrogen-bond donors (Lipinski definition) is 1. The van der Waals surface area contributed by atoms with Crippen LogP contribution in [-0.2, 0) is 17.5 Å². The minimum atomic E-state index is -4.64. The summed E-state index contributed by atoms with van der Waals surface area (Å²) in [5.74, 6) is -1.36. The summed E-state index contributed by atoms with van der Waals surface area (Å²) in [6.45, 7) is 2.71. The Morgan fingerprint density at radius 3 is 2.50 bits per heavy atom. The zero-order valence-electron chi connectivity index (χ0n) is 16.2. The first-order valence-corrected chi connectivity index (χ1v) is 9.77. The van der Waals surface area contributed by atoms with Gasteiger partial charge < -0.3 is 5.32 Å². The molecule has 30 heavy (non-hydrogen) atoms. The molecule has 1 N–H and O–H groups in total. The predicted octanol–water partition coefficient (Wildman–Crippen LogP) is 2.91. The summed E-state index contributed by atoms with van der Waals surface area (Å²) in [5.41, 5.74) is 2.01. The smallest absolute Gasteiger partial charge is 0.351 e. The molecule has 1 aliphatic heterocycles. The zero-order chi connectivity index (χ0) is 21.1. The SMILES string of the molecule is O=C(CN1CCCCC1)NCc1ccc(-c2ccnc3nc(C(F)(F)F)nn23)cc1. The van der Waals surface area contributed by atoms with Crippen molar-refractivity contribution in [2.24, 2.45) is 0 Å². The highest BCUT2D eigenvalue weighted by Gasteiger charge is 2.36. The van der Waals surface area contributed by atoms with Crippen molar-refractivity contribution in [1.29, 1.82) is 0 Å². The van der Waals surface area contributed by atoms with Gasteiger partial charge in [0.2, 0.25) is 5.91 Å². The van der Waals surface area contributed by atoms with Gasteiger partial charge in [-0.25, -0.2) is 4.98 Å². The van der Waals surface area contributed by atoms with E-state index in [9.17, 15) is 18.0 Å². The number of nitrogens with one attached hydrogen (secondary N) is 1. The third-order valence-electron chi connectivity index (χ3n) is 5.05. The lowest BCUT2D eigenvalue weighted by atomic mass is 10.1. The van der Waals surface area contributed by atoms with Gasteiger partial charge in [0.1, 0.15) is 0 Å². The van der Waals surface area contributed by atoms with Crippen LogP contribution in [0.4, 0.5) is 13.2 Å². The van der Waals surface area contributed by atoms with E-state index in [-0.39, 0.29) is 11.7 Å². The zero-order valence-corrected chi connectivity index (χ0v) is 16.2.